The molecule has 0 radical (unpaired) electrons. The molecular formula is C18H14N4S. The largest absolute Gasteiger partial charge is 0.346 e. The molecule has 4 nitrogen and oxygen atoms in total. The van der Waals surface area contributed by atoms with Gasteiger partial charge < -0.3 is 9.97 Å². The van der Waals surface area contributed by atoms with E-state index in [1.165, 1.54) is 0 Å². The number of rotatable bonds is 3. The number of aromatic amines is 2. The minimum atomic E-state index is 0.496. The summed E-state index contributed by atoms with van der Waals surface area (Å²) in [6.07, 6.45) is 1.80. The predicted octanol–water partition coefficient (Wildman–Crippen LogP) is 4.39. The van der Waals surface area contributed by atoms with Crippen LogP contribution in [-0.4, -0.2) is 21.2 Å². The van der Waals surface area contributed by atoms with Gasteiger partial charge in [0.2, 0.25) is 0 Å². The minimum absolute atomic E-state index is 0.496. The van der Waals surface area contributed by atoms with Crippen LogP contribution in [0, 0.1) is 4.64 Å². The molecule has 4 rings (SSSR count). The first-order valence-corrected chi connectivity index (χ1v) is 7.76. The number of benzene rings is 2. The number of aliphatic imine (C=N–C) groups is 1. The van der Waals surface area contributed by atoms with E-state index in [0.29, 0.717) is 11.2 Å². The van der Waals surface area contributed by atoms with Gasteiger partial charge in [-0.05, 0) is 29.7 Å². The summed E-state index contributed by atoms with van der Waals surface area (Å²) >= 11 is 5.39. The highest BCUT2D eigenvalue weighted by Gasteiger charge is 2.01. The highest BCUT2D eigenvalue weighted by molar-refractivity contribution is 7.71. The van der Waals surface area contributed by atoms with Gasteiger partial charge in [0.25, 0.3) is 0 Å². The Morgan fingerprint density at radius 3 is 2.65 bits per heavy atom. The number of hydrogen-bond acceptors (Lipinski definition) is 3. The van der Waals surface area contributed by atoms with Crippen molar-refractivity contribution < 1.29 is 0 Å². The molecule has 0 aliphatic carbocycles. The van der Waals surface area contributed by atoms with E-state index >= 15 is 0 Å². The van der Waals surface area contributed by atoms with Crippen LogP contribution in [0.2, 0.25) is 0 Å². The van der Waals surface area contributed by atoms with Gasteiger partial charge in [0, 0.05) is 17.3 Å². The first-order valence-electron chi connectivity index (χ1n) is 7.35. The fourth-order valence-corrected chi connectivity index (χ4v) is 2.79. The van der Waals surface area contributed by atoms with E-state index in [1.54, 1.807) is 6.21 Å². The molecule has 23 heavy (non-hydrogen) atoms. The van der Waals surface area contributed by atoms with Gasteiger partial charge in [-0.15, -0.1) is 0 Å². The van der Waals surface area contributed by atoms with Gasteiger partial charge in [-0.25, -0.2) is 4.98 Å². The van der Waals surface area contributed by atoms with Gasteiger partial charge in [0.05, 0.1) is 17.6 Å². The molecule has 0 saturated carbocycles. The fourth-order valence-electron chi connectivity index (χ4n) is 2.57. The predicted molar refractivity (Wildman–Crippen MR) is 96.5 cm³/mol. The fraction of sp³-hybridized carbons (Fsp3) is 0.0556. The summed E-state index contributed by atoms with van der Waals surface area (Å²) < 4.78 is 0.692. The normalized spacial score (nSPS) is 11.7. The van der Waals surface area contributed by atoms with Crippen molar-refractivity contribution >= 4 is 40.4 Å². The number of H-pyrrole nitrogens is 2. The lowest BCUT2D eigenvalue weighted by atomic mass is 10.2. The number of pyridine rings is 1. The summed E-state index contributed by atoms with van der Waals surface area (Å²) in [5, 5.41) is 1.12. The second-order valence-corrected chi connectivity index (χ2v) is 5.72. The standard InChI is InChI=1S/C18H14N4S/c23-18-13(9-12-5-1-2-6-14(12)22-18)10-19-11-17-20-15-7-3-4-8-16(15)21-17/h1-10H,11H2,(H,20,21)(H,22,23). The van der Waals surface area contributed by atoms with E-state index in [2.05, 4.69) is 32.1 Å². The second kappa shape index (κ2) is 5.78. The highest BCUT2D eigenvalue weighted by atomic mass is 32.1. The van der Waals surface area contributed by atoms with Gasteiger partial charge in [-0.3, -0.25) is 4.99 Å². The minimum Gasteiger partial charge on any atom is -0.346 e. The van der Waals surface area contributed by atoms with Crippen molar-refractivity contribution in [2.75, 3.05) is 0 Å². The molecule has 0 aliphatic rings. The molecule has 112 valence electrons. The van der Waals surface area contributed by atoms with Crippen LogP contribution in [0.25, 0.3) is 21.9 Å². The molecule has 0 unspecified atom stereocenters. The molecule has 0 saturated heterocycles. The summed E-state index contributed by atoms with van der Waals surface area (Å²) in [7, 11) is 0. The van der Waals surface area contributed by atoms with Crippen LogP contribution < -0.4 is 0 Å². The molecule has 4 aromatic rings. The van der Waals surface area contributed by atoms with Crippen LogP contribution in [0.5, 0.6) is 0 Å². The van der Waals surface area contributed by atoms with Crippen LogP contribution >= 0.6 is 12.2 Å². The van der Waals surface area contributed by atoms with Gasteiger partial charge in [-0.2, -0.15) is 0 Å². The zero-order valence-corrected chi connectivity index (χ0v) is 13.1. The van der Waals surface area contributed by atoms with Crippen LogP contribution in [0.3, 0.4) is 0 Å². The first kappa shape index (κ1) is 13.8. The molecule has 2 heterocycles. The smallest absolute Gasteiger partial charge is 0.128 e. The molecule has 0 atom stereocenters. The Hall–Kier alpha value is -2.79. The van der Waals surface area contributed by atoms with Crippen molar-refractivity contribution in [2.45, 2.75) is 6.54 Å². The van der Waals surface area contributed by atoms with Crippen molar-refractivity contribution in [1.29, 1.82) is 0 Å². The van der Waals surface area contributed by atoms with Gasteiger partial charge in [0.15, 0.2) is 0 Å². The summed E-state index contributed by atoms with van der Waals surface area (Å²) in [6.45, 7) is 0.496. The van der Waals surface area contributed by atoms with Crippen LogP contribution in [0.1, 0.15) is 11.4 Å². The van der Waals surface area contributed by atoms with Crippen LogP contribution in [0.15, 0.2) is 59.6 Å². The summed E-state index contributed by atoms with van der Waals surface area (Å²) in [5.74, 6) is 0.845. The highest BCUT2D eigenvalue weighted by Crippen LogP contribution is 2.14. The Bertz CT molecular complexity index is 1040. The molecular weight excluding hydrogens is 304 g/mol. The van der Waals surface area contributed by atoms with Crippen molar-refractivity contribution in [3.63, 3.8) is 0 Å². The van der Waals surface area contributed by atoms with E-state index in [1.807, 2.05) is 42.5 Å². The number of hydrogen-bond donors (Lipinski definition) is 2. The molecule has 2 aromatic carbocycles. The molecule has 2 N–H and O–H groups in total. The number of imidazole rings is 1. The lowest BCUT2D eigenvalue weighted by molar-refractivity contribution is 0.963. The van der Waals surface area contributed by atoms with E-state index in [9.17, 15) is 0 Å². The van der Waals surface area contributed by atoms with E-state index in [4.69, 9.17) is 12.2 Å². The van der Waals surface area contributed by atoms with Crippen molar-refractivity contribution in [3.05, 3.63) is 70.6 Å². The van der Waals surface area contributed by atoms with Crippen molar-refractivity contribution in [3.8, 4) is 0 Å². The molecule has 0 spiro atoms. The molecule has 2 aromatic heterocycles. The Labute approximate surface area is 137 Å². The maximum atomic E-state index is 5.39. The first-order chi connectivity index (χ1) is 11.3. The van der Waals surface area contributed by atoms with Crippen LogP contribution in [0.4, 0.5) is 0 Å². The number of nitrogens with one attached hydrogen (secondary N) is 2. The SMILES string of the molecule is S=c1[nH]c2ccccc2cc1C=NCc1nc2ccccc2[nH]1. The third kappa shape index (κ3) is 2.78. The molecule has 0 amide bonds. The third-order valence-electron chi connectivity index (χ3n) is 3.69. The van der Waals surface area contributed by atoms with E-state index in [-0.39, 0.29) is 0 Å². The Kier molecular flexibility index (Phi) is 3.48. The number of aromatic nitrogens is 3. The Morgan fingerprint density at radius 1 is 1.00 bits per heavy atom. The molecule has 0 aliphatic heterocycles. The topological polar surface area (TPSA) is 56.8 Å². The number of fused-ring (bicyclic) bond motifs is 2. The monoisotopic (exact) mass is 318 g/mol. The summed E-state index contributed by atoms with van der Waals surface area (Å²) in [4.78, 5) is 15.5. The maximum absolute atomic E-state index is 5.39. The summed E-state index contributed by atoms with van der Waals surface area (Å²) in [6, 6.07) is 18.1. The lowest BCUT2D eigenvalue weighted by Crippen LogP contribution is -1.90. The Morgan fingerprint density at radius 2 is 1.78 bits per heavy atom. The average molecular weight is 318 g/mol. The van der Waals surface area contributed by atoms with Crippen LogP contribution in [-0.2, 0) is 6.54 Å². The zero-order valence-electron chi connectivity index (χ0n) is 12.3. The van der Waals surface area contributed by atoms with Gasteiger partial charge in [0.1, 0.15) is 10.5 Å². The van der Waals surface area contributed by atoms with Crippen molar-refractivity contribution in [2.24, 2.45) is 4.99 Å². The second-order valence-electron chi connectivity index (χ2n) is 5.31. The van der Waals surface area contributed by atoms with Crippen molar-refractivity contribution in [1.82, 2.24) is 15.0 Å². The van der Waals surface area contributed by atoms with Gasteiger partial charge in [-0.1, -0.05) is 42.5 Å². The van der Waals surface area contributed by atoms with E-state index < -0.39 is 0 Å². The zero-order chi connectivity index (χ0) is 15.6. The quantitative estimate of drug-likeness (QED) is 0.435. The third-order valence-corrected chi connectivity index (χ3v) is 4.03. The van der Waals surface area contributed by atoms with E-state index in [0.717, 1.165) is 33.3 Å². The lowest BCUT2D eigenvalue weighted by Gasteiger charge is -2.00. The molecule has 5 heteroatoms. The molecule has 0 fully saturated rings. The molecule has 0 bridgehead atoms. The Balaban J connectivity index is 1.61. The maximum Gasteiger partial charge on any atom is 0.128 e. The van der Waals surface area contributed by atoms with Gasteiger partial charge >= 0.3 is 0 Å². The number of nitrogens with zero attached hydrogens (tertiary/aromatic N) is 2. The number of para-hydroxylation sites is 3. The summed E-state index contributed by atoms with van der Waals surface area (Å²) in [5.41, 5.74) is 3.93. The average Bonchev–Trinajstić information content (AvgIpc) is 2.98.